The van der Waals surface area contributed by atoms with E-state index in [-0.39, 0.29) is 0 Å². The quantitative estimate of drug-likeness (QED) is 0.160. The second-order valence-corrected chi connectivity index (χ2v) is 14.4. The minimum atomic E-state index is 0.589. The van der Waals surface area contributed by atoms with Crippen LogP contribution in [0.1, 0.15) is 0 Å². The molecule has 0 spiro atoms. The summed E-state index contributed by atoms with van der Waals surface area (Å²) in [6, 6.07) is 69.9. The standard InChI is InChI=1S/C53H33N3O/c1-3-13-34(14-4-1)38-18-11-19-39(31-38)35-25-27-36(28-26-35)43-23-12-24-48-50(43)46-30-29-41(33-49(46)57-48)52-54-51(37-15-5-2-6-16-37)55-53(56-52)47-32-40-17-7-8-20-42(40)44-21-9-10-22-45(44)47/h1-33H. The van der Waals surface area contributed by atoms with Crippen LogP contribution in [0.2, 0.25) is 0 Å². The zero-order valence-corrected chi connectivity index (χ0v) is 30.8. The monoisotopic (exact) mass is 727 g/mol. The van der Waals surface area contributed by atoms with Crippen molar-refractivity contribution in [1.29, 1.82) is 0 Å². The Morgan fingerprint density at radius 1 is 0.281 bits per heavy atom. The summed E-state index contributed by atoms with van der Waals surface area (Å²) in [5, 5.41) is 6.74. The van der Waals surface area contributed by atoms with Crippen LogP contribution in [0.4, 0.5) is 0 Å². The van der Waals surface area contributed by atoms with Gasteiger partial charge >= 0.3 is 0 Å². The molecule has 0 saturated carbocycles. The molecule has 9 aromatic carbocycles. The Kier molecular flexibility index (Phi) is 7.78. The molecular weight excluding hydrogens is 695 g/mol. The molecule has 266 valence electrons. The van der Waals surface area contributed by atoms with E-state index in [1.54, 1.807) is 0 Å². The third kappa shape index (κ3) is 5.83. The lowest BCUT2D eigenvalue weighted by Gasteiger charge is -2.12. The predicted octanol–water partition coefficient (Wildman–Crippen LogP) is 14.1. The van der Waals surface area contributed by atoms with Gasteiger partial charge in [0.1, 0.15) is 11.2 Å². The van der Waals surface area contributed by atoms with Crippen LogP contribution in [0.5, 0.6) is 0 Å². The van der Waals surface area contributed by atoms with E-state index in [2.05, 4.69) is 164 Å². The van der Waals surface area contributed by atoms with Gasteiger partial charge in [0, 0.05) is 27.5 Å². The Bertz CT molecular complexity index is 3280. The molecule has 11 rings (SSSR count). The molecule has 11 aromatic rings. The van der Waals surface area contributed by atoms with Gasteiger partial charge in [-0.3, -0.25) is 0 Å². The van der Waals surface area contributed by atoms with Gasteiger partial charge in [-0.25, -0.2) is 15.0 Å². The molecule has 0 aliphatic carbocycles. The van der Waals surface area contributed by atoms with Crippen LogP contribution < -0.4 is 0 Å². The third-order valence-corrected chi connectivity index (χ3v) is 10.9. The Morgan fingerprint density at radius 3 is 1.61 bits per heavy atom. The average molecular weight is 728 g/mol. The fraction of sp³-hybridized carbons (Fsp3) is 0. The minimum Gasteiger partial charge on any atom is -0.456 e. The molecule has 0 atom stereocenters. The van der Waals surface area contributed by atoms with Crippen molar-refractivity contribution in [3.63, 3.8) is 0 Å². The SMILES string of the molecule is c1ccc(-c2cccc(-c3ccc(-c4cccc5oc6cc(-c7nc(-c8ccccc8)nc(-c8cc9ccccc9c9ccccc89)n7)ccc6c45)cc3)c2)cc1. The summed E-state index contributed by atoms with van der Waals surface area (Å²) >= 11 is 0. The molecular formula is C53H33N3O. The lowest BCUT2D eigenvalue weighted by Crippen LogP contribution is -2.00. The predicted molar refractivity (Wildman–Crippen MR) is 235 cm³/mol. The number of hydrogen-bond acceptors (Lipinski definition) is 4. The molecule has 0 unspecified atom stereocenters. The minimum absolute atomic E-state index is 0.589. The van der Waals surface area contributed by atoms with Crippen LogP contribution in [-0.2, 0) is 0 Å². The summed E-state index contributed by atoms with van der Waals surface area (Å²) in [7, 11) is 0. The van der Waals surface area contributed by atoms with Crippen molar-refractivity contribution in [3.8, 4) is 67.5 Å². The maximum absolute atomic E-state index is 6.59. The fourth-order valence-electron chi connectivity index (χ4n) is 8.14. The molecule has 4 heteroatoms. The Balaban J connectivity index is 1.01. The number of hydrogen-bond donors (Lipinski definition) is 0. The molecule has 0 aliphatic rings. The van der Waals surface area contributed by atoms with Crippen molar-refractivity contribution in [2.45, 2.75) is 0 Å². The van der Waals surface area contributed by atoms with Gasteiger partial charge in [0.25, 0.3) is 0 Å². The summed E-state index contributed by atoms with van der Waals surface area (Å²) in [4.78, 5) is 15.3. The number of aromatic nitrogens is 3. The van der Waals surface area contributed by atoms with Crippen molar-refractivity contribution >= 4 is 43.5 Å². The van der Waals surface area contributed by atoms with E-state index in [1.807, 2.05) is 36.4 Å². The summed E-state index contributed by atoms with van der Waals surface area (Å²) in [6.45, 7) is 0. The zero-order valence-electron chi connectivity index (χ0n) is 30.8. The van der Waals surface area contributed by atoms with Gasteiger partial charge in [0.05, 0.1) is 0 Å². The van der Waals surface area contributed by atoms with E-state index in [0.29, 0.717) is 17.5 Å². The van der Waals surface area contributed by atoms with Crippen LogP contribution in [0, 0.1) is 0 Å². The summed E-state index contributed by atoms with van der Waals surface area (Å²) in [5.74, 6) is 1.84. The van der Waals surface area contributed by atoms with E-state index in [0.717, 1.165) is 60.5 Å². The van der Waals surface area contributed by atoms with Crippen molar-refractivity contribution in [2.75, 3.05) is 0 Å². The van der Waals surface area contributed by atoms with Gasteiger partial charge in [0.2, 0.25) is 0 Å². The maximum Gasteiger partial charge on any atom is 0.164 e. The lowest BCUT2D eigenvalue weighted by molar-refractivity contribution is 0.669. The van der Waals surface area contributed by atoms with E-state index >= 15 is 0 Å². The molecule has 0 N–H and O–H groups in total. The Labute approximate surface area is 329 Å². The van der Waals surface area contributed by atoms with E-state index in [1.165, 1.54) is 33.0 Å². The highest BCUT2D eigenvalue weighted by Crippen LogP contribution is 2.40. The van der Waals surface area contributed by atoms with E-state index in [9.17, 15) is 0 Å². The topological polar surface area (TPSA) is 51.8 Å². The molecule has 2 heterocycles. The molecule has 0 amide bonds. The normalized spacial score (nSPS) is 11.5. The first-order valence-corrected chi connectivity index (χ1v) is 19.2. The second-order valence-electron chi connectivity index (χ2n) is 14.4. The highest BCUT2D eigenvalue weighted by Gasteiger charge is 2.18. The maximum atomic E-state index is 6.59. The van der Waals surface area contributed by atoms with Gasteiger partial charge in [-0.1, -0.05) is 170 Å². The number of furan rings is 1. The molecule has 0 radical (unpaired) electrons. The van der Waals surface area contributed by atoms with Gasteiger partial charge in [-0.15, -0.1) is 0 Å². The molecule has 4 nitrogen and oxygen atoms in total. The summed E-state index contributed by atoms with van der Waals surface area (Å²) in [6.07, 6.45) is 0. The van der Waals surface area contributed by atoms with Crippen LogP contribution in [0.15, 0.2) is 205 Å². The third-order valence-electron chi connectivity index (χ3n) is 10.9. The molecule has 0 fully saturated rings. The van der Waals surface area contributed by atoms with Crippen molar-refractivity contribution in [3.05, 3.63) is 200 Å². The van der Waals surface area contributed by atoms with Gasteiger partial charge < -0.3 is 4.42 Å². The Morgan fingerprint density at radius 2 is 0.842 bits per heavy atom. The number of benzene rings is 9. The van der Waals surface area contributed by atoms with Crippen LogP contribution in [-0.4, -0.2) is 15.0 Å². The largest absolute Gasteiger partial charge is 0.456 e. The summed E-state index contributed by atoms with van der Waals surface area (Å²) < 4.78 is 6.59. The van der Waals surface area contributed by atoms with Crippen molar-refractivity contribution in [2.24, 2.45) is 0 Å². The second kappa shape index (κ2) is 13.6. The molecule has 0 saturated heterocycles. The molecule has 0 aliphatic heterocycles. The summed E-state index contributed by atoms with van der Waals surface area (Å²) in [5.41, 5.74) is 11.4. The van der Waals surface area contributed by atoms with Gasteiger partial charge in [-0.2, -0.15) is 0 Å². The molecule has 57 heavy (non-hydrogen) atoms. The van der Waals surface area contributed by atoms with Crippen LogP contribution in [0.3, 0.4) is 0 Å². The number of rotatable bonds is 6. The van der Waals surface area contributed by atoms with E-state index in [4.69, 9.17) is 19.4 Å². The molecule has 2 aromatic heterocycles. The smallest absolute Gasteiger partial charge is 0.164 e. The fourth-order valence-corrected chi connectivity index (χ4v) is 8.14. The highest BCUT2D eigenvalue weighted by atomic mass is 16.3. The van der Waals surface area contributed by atoms with Gasteiger partial charge in [0.15, 0.2) is 17.5 Å². The number of nitrogens with zero attached hydrogens (tertiary/aromatic N) is 3. The first-order valence-electron chi connectivity index (χ1n) is 19.2. The van der Waals surface area contributed by atoms with Crippen LogP contribution in [0.25, 0.3) is 111 Å². The number of fused-ring (bicyclic) bond motifs is 6. The van der Waals surface area contributed by atoms with Crippen LogP contribution >= 0.6 is 0 Å². The van der Waals surface area contributed by atoms with E-state index < -0.39 is 0 Å². The molecule has 0 bridgehead atoms. The first kappa shape index (κ1) is 32.7. The van der Waals surface area contributed by atoms with Crippen molar-refractivity contribution < 1.29 is 4.42 Å². The van der Waals surface area contributed by atoms with Crippen molar-refractivity contribution in [1.82, 2.24) is 15.0 Å². The first-order chi connectivity index (χ1) is 28.2. The zero-order chi connectivity index (χ0) is 37.7. The Hall–Kier alpha value is -7.69. The highest BCUT2D eigenvalue weighted by molar-refractivity contribution is 6.14. The average Bonchev–Trinajstić information content (AvgIpc) is 3.68. The van der Waals surface area contributed by atoms with Gasteiger partial charge in [-0.05, 0) is 85.3 Å². The lowest BCUT2D eigenvalue weighted by atomic mass is 9.95.